The van der Waals surface area contributed by atoms with Gasteiger partial charge < -0.3 is 10.0 Å². The Kier molecular flexibility index (Phi) is 6.36. The first-order chi connectivity index (χ1) is 8.65. The lowest BCUT2D eigenvalue weighted by atomic mass is 10.1. The number of aromatic nitrogens is 2. The van der Waals surface area contributed by atoms with Crippen molar-refractivity contribution in [2.75, 3.05) is 11.4 Å². The van der Waals surface area contributed by atoms with Crippen LogP contribution in [0.15, 0.2) is 6.33 Å². The van der Waals surface area contributed by atoms with E-state index in [9.17, 15) is 5.11 Å². The lowest BCUT2D eigenvalue weighted by molar-refractivity contribution is 0.281. The van der Waals surface area contributed by atoms with E-state index in [1.165, 1.54) is 6.33 Å². The van der Waals surface area contributed by atoms with Crippen molar-refractivity contribution in [3.63, 3.8) is 0 Å². The maximum atomic E-state index is 9.44. The normalized spacial score (nSPS) is 12.5. The van der Waals surface area contributed by atoms with Crippen LogP contribution in [0.5, 0.6) is 0 Å². The number of aliphatic hydroxyl groups excluding tert-OH is 1. The Balaban J connectivity index is 3.07. The highest BCUT2D eigenvalue weighted by molar-refractivity contribution is 6.30. The molecule has 1 atom stereocenters. The van der Waals surface area contributed by atoms with E-state index in [0.29, 0.717) is 16.8 Å². The Morgan fingerprint density at radius 3 is 2.67 bits per heavy atom. The molecule has 1 N–H and O–H groups in total. The largest absolute Gasteiger partial charge is 0.391 e. The first-order valence-electron chi connectivity index (χ1n) is 6.52. The van der Waals surface area contributed by atoms with Crippen molar-refractivity contribution in [1.29, 1.82) is 0 Å². The summed E-state index contributed by atoms with van der Waals surface area (Å²) in [4.78, 5) is 10.4. The summed E-state index contributed by atoms with van der Waals surface area (Å²) < 4.78 is 0. The lowest BCUT2D eigenvalue weighted by Gasteiger charge is -2.31. The lowest BCUT2D eigenvalue weighted by Crippen LogP contribution is -2.35. The van der Waals surface area contributed by atoms with Crippen LogP contribution >= 0.6 is 11.6 Å². The van der Waals surface area contributed by atoms with E-state index in [0.717, 1.165) is 31.6 Å². The zero-order valence-electron chi connectivity index (χ0n) is 11.4. The van der Waals surface area contributed by atoms with Gasteiger partial charge in [-0.1, -0.05) is 31.9 Å². The fourth-order valence-corrected chi connectivity index (χ4v) is 2.04. The zero-order valence-corrected chi connectivity index (χ0v) is 12.1. The molecule has 1 heterocycles. The number of anilines is 1. The molecule has 0 fully saturated rings. The molecule has 0 bridgehead atoms. The van der Waals surface area contributed by atoms with Crippen LogP contribution in [-0.4, -0.2) is 27.7 Å². The number of halogens is 1. The molecule has 0 saturated heterocycles. The Hall–Kier alpha value is -0.870. The molecule has 0 radical (unpaired) electrons. The standard InChI is InChI=1S/C13H22ClN3O/c1-4-6-7-17(10(3)5-2)13-11(8-18)12(14)15-9-16-13/h9-10,18H,4-8H2,1-3H3. The Bertz CT molecular complexity index is 373. The molecule has 0 spiro atoms. The molecule has 18 heavy (non-hydrogen) atoms. The average molecular weight is 272 g/mol. The summed E-state index contributed by atoms with van der Waals surface area (Å²) in [5.74, 6) is 0.764. The van der Waals surface area contributed by atoms with E-state index in [4.69, 9.17) is 11.6 Å². The van der Waals surface area contributed by atoms with Crippen molar-refractivity contribution in [1.82, 2.24) is 9.97 Å². The highest BCUT2D eigenvalue weighted by Crippen LogP contribution is 2.25. The molecule has 0 aliphatic heterocycles. The van der Waals surface area contributed by atoms with E-state index in [2.05, 4.69) is 35.6 Å². The molecular formula is C13H22ClN3O. The van der Waals surface area contributed by atoms with Crippen LogP contribution in [0, 0.1) is 0 Å². The number of nitrogens with zero attached hydrogens (tertiary/aromatic N) is 3. The molecule has 5 heteroatoms. The van der Waals surface area contributed by atoms with Gasteiger partial charge in [0, 0.05) is 12.6 Å². The first-order valence-corrected chi connectivity index (χ1v) is 6.90. The summed E-state index contributed by atoms with van der Waals surface area (Å²) in [5, 5.41) is 9.78. The van der Waals surface area contributed by atoms with Gasteiger partial charge in [0.25, 0.3) is 0 Å². The highest BCUT2D eigenvalue weighted by Gasteiger charge is 2.19. The third-order valence-electron chi connectivity index (χ3n) is 3.18. The Morgan fingerprint density at radius 2 is 2.11 bits per heavy atom. The molecule has 0 aliphatic rings. The number of hydrogen-bond donors (Lipinski definition) is 1. The molecule has 1 aromatic rings. The van der Waals surface area contributed by atoms with Gasteiger partial charge in [0.2, 0.25) is 0 Å². The first kappa shape index (κ1) is 15.2. The summed E-state index contributed by atoms with van der Waals surface area (Å²) in [6.07, 6.45) is 4.70. The average Bonchev–Trinajstić information content (AvgIpc) is 2.39. The summed E-state index contributed by atoms with van der Waals surface area (Å²) in [5.41, 5.74) is 0.621. The van der Waals surface area contributed by atoms with Crippen molar-refractivity contribution in [2.24, 2.45) is 0 Å². The van der Waals surface area contributed by atoms with Gasteiger partial charge in [-0.3, -0.25) is 0 Å². The van der Waals surface area contributed by atoms with Gasteiger partial charge in [0.1, 0.15) is 17.3 Å². The predicted octanol–water partition coefficient (Wildman–Crippen LogP) is 3.03. The Morgan fingerprint density at radius 1 is 1.39 bits per heavy atom. The van der Waals surface area contributed by atoms with E-state index in [1.54, 1.807) is 0 Å². The quantitative estimate of drug-likeness (QED) is 0.775. The molecule has 102 valence electrons. The van der Waals surface area contributed by atoms with Gasteiger partial charge in [-0.05, 0) is 19.8 Å². The Labute approximate surface area is 114 Å². The van der Waals surface area contributed by atoms with E-state index in [1.807, 2.05) is 0 Å². The van der Waals surface area contributed by atoms with Crippen LogP contribution in [0.25, 0.3) is 0 Å². The molecule has 4 nitrogen and oxygen atoms in total. The summed E-state index contributed by atoms with van der Waals surface area (Å²) in [6, 6.07) is 0.368. The molecule has 1 rings (SSSR count). The smallest absolute Gasteiger partial charge is 0.140 e. The maximum Gasteiger partial charge on any atom is 0.140 e. The second-order valence-corrected chi connectivity index (χ2v) is 4.79. The van der Waals surface area contributed by atoms with Crippen LogP contribution < -0.4 is 4.90 Å². The number of aliphatic hydroxyl groups is 1. The van der Waals surface area contributed by atoms with Crippen LogP contribution in [0.4, 0.5) is 5.82 Å². The highest BCUT2D eigenvalue weighted by atomic mass is 35.5. The van der Waals surface area contributed by atoms with Crippen molar-refractivity contribution in [3.05, 3.63) is 17.0 Å². The molecule has 1 unspecified atom stereocenters. The molecular weight excluding hydrogens is 250 g/mol. The summed E-state index contributed by atoms with van der Waals surface area (Å²) >= 11 is 6.02. The van der Waals surface area contributed by atoms with Crippen molar-refractivity contribution in [3.8, 4) is 0 Å². The minimum atomic E-state index is -0.131. The van der Waals surface area contributed by atoms with Crippen molar-refractivity contribution < 1.29 is 5.11 Å². The predicted molar refractivity (Wildman–Crippen MR) is 75.0 cm³/mol. The monoisotopic (exact) mass is 271 g/mol. The van der Waals surface area contributed by atoms with Crippen LogP contribution in [0.2, 0.25) is 5.15 Å². The molecule has 1 aromatic heterocycles. The fraction of sp³-hybridized carbons (Fsp3) is 0.692. The van der Waals surface area contributed by atoms with Gasteiger partial charge in [0.05, 0.1) is 12.2 Å². The van der Waals surface area contributed by atoms with Gasteiger partial charge in [-0.2, -0.15) is 0 Å². The second-order valence-electron chi connectivity index (χ2n) is 4.43. The summed E-state index contributed by atoms with van der Waals surface area (Å²) in [7, 11) is 0. The maximum absolute atomic E-state index is 9.44. The van der Waals surface area contributed by atoms with Gasteiger partial charge in [-0.25, -0.2) is 9.97 Å². The molecule has 0 aromatic carbocycles. The van der Waals surface area contributed by atoms with Crippen molar-refractivity contribution >= 4 is 17.4 Å². The molecule has 0 aliphatic carbocycles. The zero-order chi connectivity index (χ0) is 13.5. The van der Waals surface area contributed by atoms with Crippen LogP contribution in [0.3, 0.4) is 0 Å². The minimum absolute atomic E-state index is 0.131. The topological polar surface area (TPSA) is 49.2 Å². The van der Waals surface area contributed by atoms with E-state index in [-0.39, 0.29) is 6.61 Å². The van der Waals surface area contributed by atoms with Crippen LogP contribution in [-0.2, 0) is 6.61 Å². The van der Waals surface area contributed by atoms with Gasteiger partial charge >= 0.3 is 0 Å². The van der Waals surface area contributed by atoms with Gasteiger partial charge in [-0.15, -0.1) is 0 Å². The minimum Gasteiger partial charge on any atom is -0.391 e. The molecule has 0 amide bonds. The number of unbranched alkanes of at least 4 members (excludes halogenated alkanes) is 1. The van der Waals surface area contributed by atoms with Crippen LogP contribution in [0.1, 0.15) is 45.6 Å². The number of hydrogen-bond acceptors (Lipinski definition) is 4. The third-order valence-corrected chi connectivity index (χ3v) is 3.50. The summed E-state index contributed by atoms with van der Waals surface area (Å²) in [6.45, 7) is 7.26. The fourth-order valence-electron chi connectivity index (χ4n) is 1.85. The third kappa shape index (κ3) is 3.56. The van der Waals surface area contributed by atoms with E-state index >= 15 is 0 Å². The van der Waals surface area contributed by atoms with Crippen molar-refractivity contribution in [2.45, 2.75) is 52.7 Å². The SMILES string of the molecule is CCCCN(c1ncnc(Cl)c1CO)C(C)CC. The molecule has 0 saturated carbocycles. The van der Waals surface area contributed by atoms with E-state index < -0.39 is 0 Å². The second kappa shape index (κ2) is 7.54. The number of rotatable bonds is 7. The van der Waals surface area contributed by atoms with Gasteiger partial charge in [0.15, 0.2) is 0 Å².